The summed E-state index contributed by atoms with van der Waals surface area (Å²) in [7, 11) is 0. The van der Waals surface area contributed by atoms with Crippen molar-refractivity contribution < 1.29 is 9.53 Å². The van der Waals surface area contributed by atoms with Gasteiger partial charge in [0.15, 0.2) is 0 Å². The summed E-state index contributed by atoms with van der Waals surface area (Å²) in [6.07, 6.45) is 6.98. The Morgan fingerprint density at radius 1 is 1.40 bits per heavy atom. The van der Waals surface area contributed by atoms with Crippen molar-refractivity contribution in [2.45, 2.75) is 19.3 Å². The SMILES string of the molecule is O=C(Cc1cnccn1)C1CCOCC1. The van der Waals surface area contributed by atoms with Gasteiger partial charge in [0.05, 0.1) is 12.1 Å². The first-order valence-electron chi connectivity index (χ1n) is 5.21. The van der Waals surface area contributed by atoms with E-state index in [1.165, 1.54) is 0 Å². The number of ketones is 1. The van der Waals surface area contributed by atoms with Gasteiger partial charge in [-0.25, -0.2) is 0 Å². The van der Waals surface area contributed by atoms with E-state index in [0.717, 1.165) is 18.5 Å². The molecule has 0 atom stereocenters. The van der Waals surface area contributed by atoms with Gasteiger partial charge in [0.2, 0.25) is 0 Å². The van der Waals surface area contributed by atoms with Crippen molar-refractivity contribution in [2.24, 2.45) is 5.92 Å². The van der Waals surface area contributed by atoms with Gasteiger partial charge in [-0.15, -0.1) is 0 Å². The zero-order valence-electron chi connectivity index (χ0n) is 8.56. The molecule has 2 heterocycles. The second-order valence-electron chi connectivity index (χ2n) is 3.73. The smallest absolute Gasteiger partial charge is 0.142 e. The number of hydrogen-bond donors (Lipinski definition) is 0. The summed E-state index contributed by atoms with van der Waals surface area (Å²) in [5, 5.41) is 0. The van der Waals surface area contributed by atoms with Crippen LogP contribution in [-0.4, -0.2) is 29.0 Å². The normalized spacial score (nSPS) is 17.6. The topological polar surface area (TPSA) is 52.1 Å². The Balaban J connectivity index is 1.91. The van der Waals surface area contributed by atoms with Gasteiger partial charge in [0.1, 0.15) is 5.78 Å². The van der Waals surface area contributed by atoms with Crippen LogP contribution in [0.3, 0.4) is 0 Å². The van der Waals surface area contributed by atoms with Crippen molar-refractivity contribution in [3.05, 3.63) is 24.3 Å². The molecule has 2 rings (SSSR count). The van der Waals surface area contributed by atoms with Crippen molar-refractivity contribution in [2.75, 3.05) is 13.2 Å². The van der Waals surface area contributed by atoms with Crippen LogP contribution in [0.1, 0.15) is 18.5 Å². The monoisotopic (exact) mass is 206 g/mol. The van der Waals surface area contributed by atoms with E-state index in [1.807, 2.05) is 0 Å². The molecule has 0 saturated carbocycles. The first kappa shape index (κ1) is 10.2. The number of hydrogen-bond acceptors (Lipinski definition) is 4. The minimum atomic E-state index is 0.153. The summed E-state index contributed by atoms with van der Waals surface area (Å²) in [6, 6.07) is 0. The minimum absolute atomic E-state index is 0.153. The molecule has 15 heavy (non-hydrogen) atoms. The fraction of sp³-hybridized carbons (Fsp3) is 0.545. The summed E-state index contributed by atoms with van der Waals surface area (Å²) in [5.74, 6) is 0.416. The summed E-state index contributed by atoms with van der Waals surface area (Å²) in [6.45, 7) is 1.41. The molecule has 0 radical (unpaired) electrons. The quantitative estimate of drug-likeness (QED) is 0.740. The standard InChI is InChI=1S/C11H14N2O2/c14-11(9-1-5-15-6-2-9)7-10-8-12-3-4-13-10/h3-4,8-9H,1-2,5-7H2. The van der Waals surface area contributed by atoms with Crippen LogP contribution in [0.2, 0.25) is 0 Å². The van der Waals surface area contributed by atoms with E-state index in [-0.39, 0.29) is 11.7 Å². The average molecular weight is 206 g/mol. The molecule has 0 N–H and O–H groups in total. The molecule has 1 saturated heterocycles. The molecule has 1 aliphatic rings. The zero-order chi connectivity index (χ0) is 10.5. The van der Waals surface area contributed by atoms with E-state index in [1.54, 1.807) is 18.6 Å². The summed E-state index contributed by atoms with van der Waals surface area (Å²) in [5.41, 5.74) is 0.758. The van der Waals surface area contributed by atoms with Crippen molar-refractivity contribution in [3.63, 3.8) is 0 Å². The number of carbonyl (C=O) groups excluding carboxylic acids is 1. The highest BCUT2D eigenvalue weighted by atomic mass is 16.5. The molecule has 4 nitrogen and oxygen atoms in total. The van der Waals surface area contributed by atoms with E-state index in [4.69, 9.17) is 4.74 Å². The van der Waals surface area contributed by atoms with E-state index in [0.29, 0.717) is 19.6 Å². The maximum Gasteiger partial charge on any atom is 0.142 e. The Bertz CT molecular complexity index is 321. The molecular formula is C11H14N2O2. The molecule has 0 aliphatic carbocycles. The number of rotatable bonds is 3. The van der Waals surface area contributed by atoms with Crippen LogP contribution in [0.5, 0.6) is 0 Å². The van der Waals surface area contributed by atoms with E-state index >= 15 is 0 Å². The van der Waals surface area contributed by atoms with Crippen LogP contribution in [0.25, 0.3) is 0 Å². The molecule has 4 heteroatoms. The van der Waals surface area contributed by atoms with Crippen molar-refractivity contribution in [1.82, 2.24) is 9.97 Å². The summed E-state index contributed by atoms with van der Waals surface area (Å²) >= 11 is 0. The Hall–Kier alpha value is -1.29. The lowest BCUT2D eigenvalue weighted by Crippen LogP contribution is -2.25. The molecule has 80 valence electrons. The number of nitrogens with zero attached hydrogens (tertiary/aromatic N) is 2. The highest BCUT2D eigenvalue weighted by molar-refractivity contribution is 5.82. The summed E-state index contributed by atoms with van der Waals surface area (Å²) in [4.78, 5) is 19.9. The predicted molar refractivity (Wildman–Crippen MR) is 54.3 cm³/mol. The fourth-order valence-electron chi connectivity index (χ4n) is 1.76. The largest absolute Gasteiger partial charge is 0.381 e. The molecule has 1 aliphatic heterocycles. The summed E-state index contributed by atoms with van der Waals surface area (Å²) < 4.78 is 5.22. The first-order chi connectivity index (χ1) is 7.36. The second kappa shape index (κ2) is 4.98. The fourth-order valence-corrected chi connectivity index (χ4v) is 1.76. The third-order valence-corrected chi connectivity index (χ3v) is 2.65. The number of aromatic nitrogens is 2. The van der Waals surface area contributed by atoms with E-state index < -0.39 is 0 Å². The molecule has 0 aromatic carbocycles. The number of ether oxygens (including phenoxy) is 1. The van der Waals surface area contributed by atoms with Crippen LogP contribution in [0.4, 0.5) is 0 Å². The molecule has 0 unspecified atom stereocenters. The highest BCUT2D eigenvalue weighted by Gasteiger charge is 2.21. The zero-order valence-corrected chi connectivity index (χ0v) is 8.56. The number of carbonyl (C=O) groups is 1. The first-order valence-corrected chi connectivity index (χ1v) is 5.21. The molecule has 1 fully saturated rings. The third kappa shape index (κ3) is 2.83. The van der Waals surface area contributed by atoms with E-state index in [2.05, 4.69) is 9.97 Å². The van der Waals surface area contributed by atoms with Gasteiger partial charge in [0.25, 0.3) is 0 Å². The van der Waals surface area contributed by atoms with Gasteiger partial charge in [-0.1, -0.05) is 0 Å². The molecule has 0 bridgehead atoms. The lowest BCUT2D eigenvalue weighted by molar-refractivity contribution is -0.125. The Kier molecular flexibility index (Phi) is 3.40. The van der Waals surface area contributed by atoms with Gasteiger partial charge in [0, 0.05) is 37.7 Å². The van der Waals surface area contributed by atoms with E-state index in [9.17, 15) is 4.79 Å². The molecule has 0 amide bonds. The van der Waals surface area contributed by atoms with Gasteiger partial charge in [-0.3, -0.25) is 14.8 Å². The van der Waals surface area contributed by atoms with Gasteiger partial charge >= 0.3 is 0 Å². The van der Waals surface area contributed by atoms with Gasteiger partial charge in [-0.05, 0) is 12.8 Å². The Labute approximate surface area is 88.7 Å². The van der Waals surface area contributed by atoms with Crippen LogP contribution < -0.4 is 0 Å². The highest BCUT2D eigenvalue weighted by Crippen LogP contribution is 2.17. The molecule has 1 aromatic rings. The molecule has 1 aromatic heterocycles. The van der Waals surface area contributed by atoms with Crippen molar-refractivity contribution >= 4 is 5.78 Å². The Morgan fingerprint density at radius 3 is 2.87 bits per heavy atom. The molecular weight excluding hydrogens is 192 g/mol. The molecule has 0 spiro atoms. The van der Waals surface area contributed by atoms with Crippen LogP contribution >= 0.6 is 0 Å². The maximum atomic E-state index is 11.8. The van der Waals surface area contributed by atoms with Gasteiger partial charge in [-0.2, -0.15) is 0 Å². The van der Waals surface area contributed by atoms with Crippen molar-refractivity contribution in [1.29, 1.82) is 0 Å². The minimum Gasteiger partial charge on any atom is -0.381 e. The van der Waals surface area contributed by atoms with Crippen molar-refractivity contribution in [3.8, 4) is 0 Å². The maximum absolute atomic E-state index is 11.8. The Morgan fingerprint density at radius 2 is 2.20 bits per heavy atom. The third-order valence-electron chi connectivity index (χ3n) is 2.65. The second-order valence-corrected chi connectivity index (χ2v) is 3.73. The van der Waals surface area contributed by atoms with Crippen LogP contribution in [0, 0.1) is 5.92 Å². The van der Waals surface area contributed by atoms with Crippen LogP contribution in [-0.2, 0) is 16.0 Å². The lowest BCUT2D eigenvalue weighted by Gasteiger charge is -2.20. The van der Waals surface area contributed by atoms with Gasteiger partial charge < -0.3 is 4.74 Å². The van der Waals surface area contributed by atoms with Crippen LogP contribution in [0.15, 0.2) is 18.6 Å². The number of Topliss-reactive ketones (excluding diaryl/α,β-unsaturated/α-hetero) is 1. The predicted octanol–water partition coefficient (Wildman–Crippen LogP) is 1.01. The average Bonchev–Trinajstić information content (AvgIpc) is 2.31. The lowest BCUT2D eigenvalue weighted by atomic mass is 9.93.